The van der Waals surface area contributed by atoms with Gasteiger partial charge in [0.1, 0.15) is 24.7 Å². The van der Waals surface area contributed by atoms with Gasteiger partial charge >= 0.3 is 0 Å². The van der Waals surface area contributed by atoms with Crippen LogP contribution in [0.4, 0.5) is 5.69 Å². The third-order valence-corrected chi connectivity index (χ3v) is 6.59. The fourth-order valence-corrected chi connectivity index (χ4v) is 4.69. The second-order valence-corrected chi connectivity index (χ2v) is 9.24. The summed E-state index contributed by atoms with van der Waals surface area (Å²) in [5, 5.41) is 3.00. The second-order valence-electron chi connectivity index (χ2n) is 9.24. The number of methoxy groups -OCH3 is 1. The molecule has 6 heteroatoms. The van der Waals surface area contributed by atoms with Crippen molar-refractivity contribution in [3.63, 3.8) is 0 Å². The van der Waals surface area contributed by atoms with Crippen LogP contribution in [0.25, 0.3) is 6.08 Å². The van der Waals surface area contributed by atoms with E-state index in [1.165, 1.54) is 37.7 Å². The van der Waals surface area contributed by atoms with Gasteiger partial charge in [0, 0.05) is 22.9 Å². The van der Waals surface area contributed by atoms with Crippen molar-refractivity contribution in [1.82, 2.24) is 0 Å². The fourth-order valence-electron chi connectivity index (χ4n) is 4.69. The summed E-state index contributed by atoms with van der Waals surface area (Å²) >= 11 is 0. The summed E-state index contributed by atoms with van der Waals surface area (Å²) in [6, 6.07) is 14.6. The number of carbonyl (C=O) groups excluding carboxylic acids is 1. The Labute approximate surface area is 208 Å². The topological polar surface area (TPSA) is 47.6 Å². The number of nitrogens with one attached hydrogen (secondary N) is 1. The first-order chi connectivity index (χ1) is 14.9. The Balaban J connectivity index is 0.00000289. The first kappa shape index (κ1) is 24.6. The zero-order valence-corrected chi connectivity index (χ0v) is 21.4. The maximum atomic E-state index is 12.7. The molecule has 0 unspecified atom stereocenters. The predicted molar refractivity (Wildman–Crippen MR) is 124 cm³/mol. The van der Waals surface area contributed by atoms with E-state index < -0.39 is 0 Å². The molecule has 2 aromatic carbocycles. The molecule has 1 fully saturated rings. The van der Waals surface area contributed by atoms with Crippen LogP contribution in [0.3, 0.4) is 0 Å². The largest absolute Gasteiger partial charge is 1.00 e. The number of benzene rings is 2. The number of nitrogens with zero attached hydrogens (tertiary/aromatic N) is 1. The zero-order chi connectivity index (χ0) is 21.8. The molecule has 2 aromatic rings. The van der Waals surface area contributed by atoms with Crippen molar-refractivity contribution < 1.29 is 42.7 Å². The van der Waals surface area contributed by atoms with Crippen LogP contribution in [0.2, 0.25) is 0 Å². The first-order valence-electron chi connectivity index (χ1n) is 11.2. The number of amides is 1. The second kappa shape index (κ2) is 10.7. The third-order valence-electron chi connectivity index (χ3n) is 6.59. The van der Waals surface area contributed by atoms with E-state index in [0.29, 0.717) is 5.57 Å². The van der Waals surface area contributed by atoms with Gasteiger partial charge in [-0.25, -0.2) is 0 Å². The lowest BCUT2D eigenvalue weighted by molar-refractivity contribution is -0.929. The van der Waals surface area contributed by atoms with Crippen LogP contribution in [-0.2, 0) is 11.3 Å². The molecule has 1 saturated carbocycles. The van der Waals surface area contributed by atoms with E-state index in [1.807, 2.05) is 36.4 Å². The minimum absolute atomic E-state index is 0. The van der Waals surface area contributed by atoms with Gasteiger partial charge < -0.3 is 43.3 Å². The number of hydrogen-bond acceptors (Lipinski definition) is 3. The highest BCUT2D eigenvalue weighted by Gasteiger charge is 2.29. The van der Waals surface area contributed by atoms with Gasteiger partial charge in [-0.3, -0.25) is 4.79 Å². The van der Waals surface area contributed by atoms with Crippen molar-refractivity contribution in [2.45, 2.75) is 44.7 Å². The molecule has 0 aromatic heterocycles. The van der Waals surface area contributed by atoms with Crippen LogP contribution in [0, 0.1) is 0 Å². The van der Waals surface area contributed by atoms with E-state index in [2.05, 4.69) is 31.5 Å². The minimum atomic E-state index is -0.132. The van der Waals surface area contributed by atoms with Crippen molar-refractivity contribution in [1.29, 1.82) is 0 Å². The van der Waals surface area contributed by atoms with Crippen molar-refractivity contribution in [3.05, 3.63) is 59.2 Å². The minimum Gasteiger partial charge on any atom is -1.00 e. The van der Waals surface area contributed by atoms with Crippen molar-refractivity contribution in [2.75, 3.05) is 33.1 Å². The quantitative estimate of drug-likeness (QED) is 0.444. The van der Waals surface area contributed by atoms with Gasteiger partial charge in [-0.1, -0.05) is 18.6 Å². The van der Waals surface area contributed by atoms with Crippen LogP contribution in [0.15, 0.2) is 48.0 Å². The molecule has 0 radical (unpaired) electrons. The molecule has 1 amide bonds. The standard InChI is InChI=1S/C26H32N2O3.HI/c1-28(2,23-7-5-4-6-8-23)17-19-9-12-22(13-10-19)27-26(29)21-15-20-11-14-24(30-3)16-25(20)31-18-21;/h9-16,23H,4-8,17-18H2,1-3H3;1H. The van der Waals surface area contributed by atoms with Gasteiger partial charge in [-0.15, -0.1) is 0 Å². The summed E-state index contributed by atoms with van der Waals surface area (Å²) in [5.74, 6) is 1.34. The number of rotatable bonds is 6. The van der Waals surface area contributed by atoms with E-state index in [9.17, 15) is 4.79 Å². The van der Waals surface area contributed by atoms with Crippen LogP contribution in [0.1, 0.15) is 43.2 Å². The summed E-state index contributed by atoms with van der Waals surface area (Å²) in [7, 11) is 6.31. The predicted octanol–water partition coefficient (Wildman–Crippen LogP) is 2.02. The fraction of sp³-hybridized carbons (Fsp3) is 0.423. The molecule has 0 saturated heterocycles. The lowest BCUT2D eigenvalue weighted by Gasteiger charge is -2.40. The van der Waals surface area contributed by atoms with E-state index in [1.54, 1.807) is 7.11 Å². The number of ether oxygens (including phenoxy) is 2. The molecule has 1 aliphatic carbocycles. The first-order valence-corrected chi connectivity index (χ1v) is 11.2. The molecule has 1 N–H and O–H groups in total. The zero-order valence-electron chi connectivity index (χ0n) is 19.2. The van der Waals surface area contributed by atoms with E-state index in [4.69, 9.17) is 9.47 Å². The average molecular weight is 548 g/mol. The number of fused-ring (bicyclic) bond motifs is 1. The number of quaternary nitrogens is 1. The molecule has 4 rings (SSSR count). The summed E-state index contributed by atoms with van der Waals surface area (Å²) in [6.45, 7) is 1.26. The summed E-state index contributed by atoms with van der Waals surface area (Å²) in [6.07, 6.45) is 8.63. The van der Waals surface area contributed by atoms with Gasteiger partial charge in [-0.2, -0.15) is 0 Å². The van der Waals surface area contributed by atoms with E-state index in [-0.39, 0.29) is 36.5 Å². The van der Waals surface area contributed by atoms with Crippen molar-refractivity contribution >= 4 is 17.7 Å². The Morgan fingerprint density at radius 3 is 2.50 bits per heavy atom. The highest BCUT2D eigenvalue weighted by atomic mass is 127. The Kier molecular flexibility index (Phi) is 8.22. The van der Waals surface area contributed by atoms with Gasteiger partial charge in [-0.05, 0) is 56.0 Å². The lowest BCUT2D eigenvalue weighted by atomic mass is 9.92. The molecule has 32 heavy (non-hydrogen) atoms. The molecular weight excluding hydrogens is 515 g/mol. The van der Waals surface area contributed by atoms with Crippen LogP contribution in [-0.4, -0.2) is 44.2 Å². The Morgan fingerprint density at radius 2 is 1.81 bits per heavy atom. The normalized spacial score (nSPS) is 16.2. The molecule has 5 nitrogen and oxygen atoms in total. The van der Waals surface area contributed by atoms with Gasteiger partial charge in [0.15, 0.2) is 0 Å². The average Bonchev–Trinajstić information content (AvgIpc) is 2.80. The number of carbonyl (C=O) groups is 1. The maximum Gasteiger partial charge on any atom is 0.255 e. The Bertz CT molecular complexity index is 964. The van der Waals surface area contributed by atoms with Crippen LogP contribution < -0.4 is 38.8 Å². The monoisotopic (exact) mass is 548 g/mol. The van der Waals surface area contributed by atoms with Gasteiger partial charge in [0.2, 0.25) is 0 Å². The maximum absolute atomic E-state index is 12.7. The molecule has 2 aliphatic rings. The molecular formula is C26H33IN2O3. The lowest BCUT2D eigenvalue weighted by Crippen LogP contribution is -3.00. The smallest absolute Gasteiger partial charge is 0.255 e. The molecule has 1 heterocycles. The van der Waals surface area contributed by atoms with Crippen LogP contribution in [0.5, 0.6) is 11.5 Å². The highest BCUT2D eigenvalue weighted by Crippen LogP contribution is 2.31. The van der Waals surface area contributed by atoms with Gasteiger partial charge in [0.05, 0.1) is 32.8 Å². The van der Waals surface area contributed by atoms with E-state index >= 15 is 0 Å². The van der Waals surface area contributed by atoms with Crippen LogP contribution >= 0.6 is 0 Å². The molecule has 172 valence electrons. The summed E-state index contributed by atoms with van der Waals surface area (Å²) in [5.41, 5.74) is 3.60. The molecule has 0 spiro atoms. The number of anilines is 1. The molecule has 1 aliphatic heterocycles. The summed E-state index contributed by atoms with van der Waals surface area (Å²) in [4.78, 5) is 12.7. The van der Waals surface area contributed by atoms with E-state index in [0.717, 1.165) is 39.8 Å². The van der Waals surface area contributed by atoms with Crippen molar-refractivity contribution in [3.8, 4) is 11.5 Å². The Hall–Kier alpha value is -2.06. The number of halogens is 1. The summed E-state index contributed by atoms with van der Waals surface area (Å²) < 4.78 is 12.0. The molecule has 0 bridgehead atoms. The Morgan fingerprint density at radius 1 is 1.09 bits per heavy atom. The molecule has 0 atom stereocenters. The SMILES string of the molecule is COc1ccc2c(c1)OCC(C(=O)Nc1ccc(C[N+](C)(C)C3CCCCC3)cc1)=C2.[I-]. The highest BCUT2D eigenvalue weighted by molar-refractivity contribution is 6.07. The van der Waals surface area contributed by atoms with Crippen molar-refractivity contribution in [2.24, 2.45) is 0 Å². The number of hydrogen-bond donors (Lipinski definition) is 1. The van der Waals surface area contributed by atoms with Gasteiger partial charge in [0.25, 0.3) is 5.91 Å². The third kappa shape index (κ3) is 5.84.